The van der Waals surface area contributed by atoms with E-state index in [2.05, 4.69) is 10.3 Å². The van der Waals surface area contributed by atoms with Crippen LogP contribution in [0.4, 0.5) is 5.82 Å². The molecule has 0 spiro atoms. The highest BCUT2D eigenvalue weighted by atomic mass is 35.5. The highest BCUT2D eigenvalue weighted by Gasteiger charge is 2.18. The van der Waals surface area contributed by atoms with E-state index in [1.54, 1.807) is 0 Å². The van der Waals surface area contributed by atoms with Crippen molar-refractivity contribution in [2.45, 2.75) is 18.9 Å². The van der Waals surface area contributed by atoms with Gasteiger partial charge in [0.15, 0.2) is 0 Å². The monoisotopic (exact) mass is 256 g/mol. The number of ether oxygens (including phenoxy) is 1. The number of nitrogens with zero attached hydrogens (tertiary/aromatic N) is 1. The van der Waals surface area contributed by atoms with Gasteiger partial charge in [0, 0.05) is 6.61 Å². The molecule has 17 heavy (non-hydrogen) atoms. The van der Waals surface area contributed by atoms with E-state index in [0.29, 0.717) is 12.4 Å². The number of hydrogen-bond donors (Lipinski definition) is 2. The maximum atomic E-state index is 11.0. The lowest BCUT2D eigenvalue weighted by atomic mass is 10.1. The van der Waals surface area contributed by atoms with E-state index in [1.165, 1.54) is 12.1 Å². The molecule has 1 aliphatic rings. The van der Waals surface area contributed by atoms with E-state index in [0.717, 1.165) is 19.4 Å². The molecule has 6 heteroatoms. The quantitative estimate of drug-likeness (QED) is 0.810. The van der Waals surface area contributed by atoms with Crippen molar-refractivity contribution in [1.29, 1.82) is 0 Å². The molecule has 0 aliphatic carbocycles. The van der Waals surface area contributed by atoms with E-state index >= 15 is 0 Å². The lowest BCUT2D eigenvalue weighted by Crippen LogP contribution is -2.31. The lowest BCUT2D eigenvalue weighted by Gasteiger charge is -2.24. The maximum absolute atomic E-state index is 11.0. The molecule has 1 aliphatic heterocycles. The molecule has 1 atom stereocenters. The van der Waals surface area contributed by atoms with Gasteiger partial charge in [0.25, 0.3) is 0 Å². The van der Waals surface area contributed by atoms with E-state index < -0.39 is 5.97 Å². The van der Waals surface area contributed by atoms with Crippen molar-refractivity contribution in [3.8, 4) is 0 Å². The minimum absolute atomic E-state index is 0.0906. The van der Waals surface area contributed by atoms with E-state index in [1.807, 2.05) is 0 Å². The molecule has 0 saturated carbocycles. The number of carboxylic acid groups (broad SMARTS) is 1. The Morgan fingerprint density at radius 2 is 2.41 bits per heavy atom. The van der Waals surface area contributed by atoms with Crippen molar-refractivity contribution < 1.29 is 14.6 Å². The number of nitrogens with one attached hydrogen (secondary N) is 1. The van der Waals surface area contributed by atoms with Crippen LogP contribution in [0.3, 0.4) is 0 Å². The Morgan fingerprint density at radius 3 is 3.06 bits per heavy atom. The Morgan fingerprint density at radius 1 is 1.59 bits per heavy atom. The smallest absolute Gasteiger partial charge is 0.339 e. The van der Waals surface area contributed by atoms with Gasteiger partial charge >= 0.3 is 5.97 Å². The summed E-state index contributed by atoms with van der Waals surface area (Å²) in [7, 11) is 0. The Bertz CT molecular complexity index is 419. The number of rotatable bonds is 3. The summed E-state index contributed by atoms with van der Waals surface area (Å²) in [5.41, 5.74) is 0.125. The Labute approximate surface area is 104 Å². The summed E-state index contributed by atoms with van der Waals surface area (Å²) in [6, 6.07) is 3.00. The van der Waals surface area contributed by atoms with Gasteiger partial charge in [-0.3, -0.25) is 0 Å². The molecule has 1 aromatic heterocycles. The Kier molecular flexibility index (Phi) is 3.81. The second-order valence-corrected chi connectivity index (χ2v) is 4.28. The third-order valence-corrected chi connectivity index (χ3v) is 2.80. The summed E-state index contributed by atoms with van der Waals surface area (Å²) in [5, 5.41) is 12.4. The standard InChI is InChI=1S/C11H13ClN2O3/c12-9-4-3-8(11(15)16)10(14-9)13-7-2-1-5-17-6-7/h3-4,7H,1-2,5-6H2,(H,13,14)(H,15,16). The molecular formula is C11H13ClN2O3. The minimum Gasteiger partial charge on any atom is -0.478 e. The molecule has 5 nitrogen and oxygen atoms in total. The van der Waals surface area contributed by atoms with Crippen LogP contribution in [0.25, 0.3) is 0 Å². The molecule has 0 bridgehead atoms. The molecule has 0 amide bonds. The molecule has 2 heterocycles. The van der Waals surface area contributed by atoms with E-state index in [-0.39, 0.29) is 16.8 Å². The highest BCUT2D eigenvalue weighted by Crippen LogP contribution is 2.19. The predicted octanol–water partition coefficient (Wildman–Crippen LogP) is 2.02. The van der Waals surface area contributed by atoms with Crippen molar-refractivity contribution in [2.75, 3.05) is 18.5 Å². The molecule has 1 saturated heterocycles. The van der Waals surface area contributed by atoms with Crippen LogP contribution < -0.4 is 5.32 Å². The largest absolute Gasteiger partial charge is 0.478 e. The van der Waals surface area contributed by atoms with Crippen LogP contribution in [0, 0.1) is 0 Å². The van der Waals surface area contributed by atoms with Gasteiger partial charge in [0.1, 0.15) is 16.5 Å². The first kappa shape index (κ1) is 12.1. The number of carbonyl (C=O) groups is 1. The number of halogens is 1. The fourth-order valence-corrected chi connectivity index (χ4v) is 1.91. The minimum atomic E-state index is -1.02. The summed E-state index contributed by atoms with van der Waals surface area (Å²) in [6.07, 6.45) is 1.90. The summed E-state index contributed by atoms with van der Waals surface area (Å²) in [5.74, 6) is -0.714. The molecular weight excluding hydrogens is 244 g/mol. The number of pyridine rings is 1. The van der Waals surface area contributed by atoms with Crippen LogP contribution in [0.5, 0.6) is 0 Å². The zero-order valence-corrected chi connectivity index (χ0v) is 9.91. The summed E-state index contributed by atoms with van der Waals surface area (Å²) in [4.78, 5) is 15.0. The third-order valence-electron chi connectivity index (χ3n) is 2.59. The Hall–Kier alpha value is -1.33. The average molecular weight is 257 g/mol. The zero-order valence-electron chi connectivity index (χ0n) is 9.15. The Balaban J connectivity index is 2.17. The van der Waals surface area contributed by atoms with Gasteiger partial charge in [0.2, 0.25) is 0 Å². The van der Waals surface area contributed by atoms with Gasteiger partial charge in [-0.2, -0.15) is 0 Å². The van der Waals surface area contributed by atoms with Crippen molar-refractivity contribution in [2.24, 2.45) is 0 Å². The number of carboxylic acids is 1. The number of aromatic nitrogens is 1. The molecule has 92 valence electrons. The van der Waals surface area contributed by atoms with Gasteiger partial charge in [-0.1, -0.05) is 11.6 Å². The van der Waals surface area contributed by atoms with Crippen molar-refractivity contribution >= 4 is 23.4 Å². The first-order valence-corrected chi connectivity index (χ1v) is 5.79. The molecule has 2 rings (SSSR count). The number of aromatic carboxylic acids is 1. The second-order valence-electron chi connectivity index (χ2n) is 3.89. The zero-order chi connectivity index (χ0) is 12.3. The third kappa shape index (κ3) is 3.08. The fraction of sp³-hybridized carbons (Fsp3) is 0.455. The van der Waals surface area contributed by atoms with Crippen LogP contribution in [-0.4, -0.2) is 35.3 Å². The van der Waals surface area contributed by atoms with Crippen LogP contribution in [-0.2, 0) is 4.74 Å². The molecule has 1 unspecified atom stereocenters. The first-order chi connectivity index (χ1) is 8.16. The molecule has 0 aromatic carbocycles. The normalized spacial score (nSPS) is 19.9. The summed E-state index contributed by atoms with van der Waals surface area (Å²) < 4.78 is 5.31. The molecule has 1 fully saturated rings. The maximum Gasteiger partial charge on any atom is 0.339 e. The van der Waals surface area contributed by atoms with Gasteiger partial charge in [0.05, 0.1) is 12.6 Å². The SMILES string of the molecule is O=C(O)c1ccc(Cl)nc1NC1CCCOC1. The van der Waals surface area contributed by atoms with Gasteiger partial charge in [-0.05, 0) is 25.0 Å². The van der Waals surface area contributed by atoms with Crippen molar-refractivity contribution in [1.82, 2.24) is 4.98 Å². The number of anilines is 1. The van der Waals surface area contributed by atoms with Crippen molar-refractivity contribution in [3.63, 3.8) is 0 Å². The first-order valence-electron chi connectivity index (χ1n) is 5.41. The molecule has 2 N–H and O–H groups in total. The van der Waals surface area contributed by atoms with Crippen LogP contribution in [0.1, 0.15) is 23.2 Å². The van der Waals surface area contributed by atoms with Gasteiger partial charge in [-0.25, -0.2) is 9.78 Å². The summed E-state index contributed by atoms with van der Waals surface area (Å²) in [6.45, 7) is 1.32. The average Bonchev–Trinajstić information content (AvgIpc) is 2.30. The molecule has 1 aromatic rings. The van der Waals surface area contributed by atoms with Crippen LogP contribution >= 0.6 is 11.6 Å². The van der Waals surface area contributed by atoms with Crippen LogP contribution in [0.15, 0.2) is 12.1 Å². The summed E-state index contributed by atoms with van der Waals surface area (Å²) >= 11 is 5.76. The van der Waals surface area contributed by atoms with E-state index in [9.17, 15) is 4.79 Å². The lowest BCUT2D eigenvalue weighted by molar-refractivity contribution is 0.0696. The highest BCUT2D eigenvalue weighted by molar-refractivity contribution is 6.29. The fourth-order valence-electron chi connectivity index (χ4n) is 1.77. The van der Waals surface area contributed by atoms with Gasteiger partial charge < -0.3 is 15.2 Å². The van der Waals surface area contributed by atoms with Crippen LogP contribution in [0.2, 0.25) is 5.15 Å². The second kappa shape index (κ2) is 5.33. The topological polar surface area (TPSA) is 71.5 Å². The molecule has 0 radical (unpaired) electrons. The number of hydrogen-bond acceptors (Lipinski definition) is 4. The van der Waals surface area contributed by atoms with E-state index in [4.69, 9.17) is 21.4 Å². The predicted molar refractivity (Wildman–Crippen MR) is 63.7 cm³/mol. The van der Waals surface area contributed by atoms with Gasteiger partial charge in [-0.15, -0.1) is 0 Å². The van der Waals surface area contributed by atoms with Crippen molar-refractivity contribution in [3.05, 3.63) is 22.8 Å².